The summed E-state index contributed by atoms with van der Waals surface area (Å²) in [6.45, 7) is 4.04. The van der Waals surface area contributed by atoms with Crippen LogP contribution < -0.4 is 9.21 Å². The van der Waals surface area contributed by atoms with Gasteiger partial charge in [-0.1, -0.05) is 35.9 Å². The molecule has 0 N–H and O–H groups in total. The van der Waals surface area contributed by atoms with Crippen molar-refractivity contribution in [3.63, 3.8) is 0 Å². The van der Waals surface area contributed by atoms with Gasteiger partial charge in [-0.3, -0.25) is 9.10 Å². The van der Waals surface area contributed by atoms with E-state index in [1.807, 2.05) is 30.3 Å². The summed E-state index contributed by atoms with van der Waals surface area (Å²) in [7, 11) is -3.60. The third-order valence-electron chi connectivity index (χ3n) is 4.84. The second-order valence-corrected chi connectivity index (χ2v) is 9.16. The molecule has 6 nitrogen and oxygen atoms in total. The van der Waals surface area contributed by atoms with Gasteiger partial charge in [0.25, 0.3) is 0 Å². The fraction of sp³-hybridized carbons (Fsp3) is 0.350. The molecule has 0 saturated carbocycles. The first-order chi connectivity index (χ1) is 13.3. The van der Waals surface area contributed by atoms with E-state index in [9.17, 15) is 13.2 Å². The Kier molecular flexibility index (Phi) is 6.15. The van der Waals surface area contributed by atoms with Gasteiger partial charge in [0.15, 0.2) is 0 Å². The van der Waals surface area contributed by atoms with Crippen molar-refractivity contribution in [3.05, 3.63) is 59.6 Å². The maximum atomic E-state index is 13.0. The molecule has 28 heavy (non-hydrogen) atoms. The minimum atomic E-state index is -3.60. The lowest BCUT2D eigenvalue weighted by atomic mass is 10.2. The number of nitrogens with zero attached hydrogens (tertiary/aromatic N) is 3. The lowest BCUT2D eigenvalue weighted by Gasteiger charge is -2.39. The molecule has 1 aliphatic heterocycles. The van der Waals surface area contributed by atoms with Crippen molar-refractivity contribution in [1.82, 2.24) is 4.90 Å². The van der Waals surface area contributed by atoms with Crippen molar-refractivity contribution in [3.8, 4) is 0 Å². The number of rotatable bonds is 5. The van der Waals surface area contributed by atoms with Crippen LogP contribution in [0.15, 0.2) is 54.6 Å². The number of piperazine rings is 1. The van der Waals surface area contributed by atoms with Gasteiger partial charge in [-0.05, 0) is 37.3 Å². The zero-order valence-electron chi connectivity index (χ0n) is 16.0. The molecule has 1 heterocycles. The van der Waals surface area contributed by atoms with Crippen LogP contribution in [0, 0.1) is 0 Å². The van der Waals surface area contributed by atoms with Crippen LogP contribution in [0.25, 0.3) is 0 Å². The lowest BCUT2D eigenvalue weighted by molar-refractivity contribution is -0.132. The summed E-state index contributed by atoms with van der Waals surface area (Å²) in [6.07, 6.45) is 1.13. The number of anilines is 2. The van der Waals surface area contributed by atoms with Crippen LogP contribution in [0.2, 0.25) is 5.02 Å². The summed E-state index contributed by atoms with van der Waals surface area (Å²) in [4.78, 5) is 16.9. The zero-order chi connectivity index (χ0) is 20.3. The molecule has 150 valence electrons. The summed E-state index contributed by atoms with van der Waals surface area (Å²) >= 11 is 6.07. The van der Waals surface area contributed by atoms with Gasteiger partial charge in [-0.25, -0.2) is 8.42 Å². The van der Waals surface area contributed by atoms with Crippen LogP contribution in [-0.2, 0) is 14.8 Å². The van der Waals surface area contributed by atoms with Gasteiger partial charge in [-0.15, -0.1) is 0 Å². The van der Waals surface area contributed by atoms with Gasteiger partial charge in [0.2, 0.25) is 15.9 Å². The minimum absolute atomic E-state index is 0.194. The van der Waals surface area contributed by atoms with E-state index < -0.39 is 16.1 Å². The first-order valence-electron chi connectivity index (χ1n) is 9.11. The molecule has 0 spiro atoms. The zero-order valence-corrected chi connectivity index (χ0v) is 17.5. The van der Waals surface area contributed by atoms with Crippen LogP contribution in [0.1, 0.15) is 6.92 Å². The van der Waals surface area contributed by atoms with E-state index in [2.05, 4.69) is 4.90 Å². The highest BCUT2D eigenvalue weighted by molar-refractivity contribution is 7.92. The molecule has 0 aromatic heterocycles. The fourth-order valence-corrected chi connectivity index (χ4v) is 4.85. The Labute approximate surface area is 171 Å². The molecular weight excluding hydrogens is 398 g/mol. The molecule has 8 heteroatoms. The minimum Gasteiger partial charge on any atom is -0.368 e. The third kappa shape index (κ3) is 4.59. The Hall–Kier alpha value is -2.25. The first kappa shape index (κ1) is 20.5. The standard InChI is InChI=1S/C20H24ClN3O3S/c1-16(24(28(2,26)27)18-8-4-3-5-9-18)20(25)23-13-11-22(12-14-23)19-10-6-7-17(21)15-19/h3-10,15-16H,11-14H2,1-2H3/t16-/m0/s1. The smallest absolute Gasteiger partial charge is 0.246 e. The number of amides is 1. The predicted molar refractivity (Wildman–Crippen MR) is 113 cm³/mol. The number of halogens is 1. The second kappa shape index (κ2) is 8.41. The molecular formula is C20H24ClN3O3S. The lowest BCUT2D eigenvalue weighted by Crippen LogP contribution is -2.55. The van der Waals surface area contributed by atoms with Gasteiger partial charge < -0.3 is 9.80 Å². The van der Waals surface area contributed by atoms with Gasteiger partial charge in [0.1, 0.15) is 6.04 Å². The van der Waals surface area contributed by atoms with E-state index in [0.717, 1.165) is 11.9 Å². The van der Waals surface area contributed by atoms with Crippen LogP contribution in [0.5, 0.6) is 0 Å². The molecule has 0 aliphatic carbocycles. The summed E-state index contributed by atoms with van der Waals surface area (Å²) in [5, 5.41) is 0.677. The van der Waals surface area contributed by atoms with Gasteiger partial charge >= 0.3 is 0 Å². The maximum Gasteiger partial charge on any atom is 0.246 e. The van der Waals surface area contributed by atoms with Gasteiger partial charge in [-0.2, -0.15) is 0 Å². The number of para-hydroxylation sites is 1. The van der Waals surface area contributed by atoms with Crippen molar-refractivity contribution in [2.24, 2.45) is 0 Å². The van der Waals surface area contributed by atoms with Crippen LogP contribution in [0.3, 0.4) is 0 Å². The SMILES string of the molecule is C[C@@H](C(=O)N1CCN(c2cccc(Cl)c2)CC1)N(c1ccccc1)S(C)(=O)=O. The van der Waals surface area contributed by atoms with Crippen molar-refractivity contribution < 1.29 is 13.2 Å². The molecule has 1 fully saturated rings. The average molecular weight is 422 g/mol. The summed E-state index contributed by atoms with van der Waals surface area (Å²) < 4.78 is 25.9. The van der Waals surface area contributed by atoms with Gasteiger partial charge in [0, 0.05) is 36.9 Å². The van der Waals surface area contributed by atoms with Gasteiger partial charge in [0.05, 0.1) is 11.9 Å². The highest BCUT2D eigenvalue weighted by Gasteiger charge is 2.33. The van der Waals surface area contributed by atoms with E-state index in [4.69, 9.17) is 11.6 Å². The highest BCUT2D eigenvalue weighted by Crippen LogP contribution is 2.23. The molecule has 2 aromatic carbocycles. The average Bonchev–Trinajstić information content (AvgIpc) is 2.67. The van der Waals surface area contributed by atoms with Crippen LogP contribution in [-0.4, -0.2) is 57.7 Å². The molecule has 0 unspecified atom stereocenters. The van der Waals surface area contributed by atoms with Crippen molar-refractivity contribution in [2.75, 3.05) is 41.6 Å². The van der Waals surface area contributed by atoms with E-state index in [1.165, 1.54) is 4.31 Å². The first-order valence-corrected chi connectivity index (χ1v) is 11.3. The van der Waals surface area contributed by atoms with Crippen LogP contribution >= 0.6 is 11.6 Å². The maximum absolute atomic E-state index is 13.0. The molecule has 0 radical (unpaired) electrons. The molecule has 1 aliphatic rings. The van der Waals surface area contributed by atoms with E-state index >= 15 is 0 Å². The molecule has 0 bridgehead atoms. The van der Waals surface area contributed by atoms with E-state index in [-0.39, 0.29) is 5.91 Å². The fourth-order valence-electron chi connectivity index (χ4n) is 3.50. The third-order valence-corrected chi connectivity index (χ3v) is 6.32. The van der Waals surface area contributed by atoms with Crippen molar-refractivity contribution in [2.45, 2.75) is 13.0 Å². The van der Waals surface area contributed by atoms with E-state index in [1.54, 1.807) is 36.1 Å². The number of sulfonamides is 1. The molecule has 1 atom stereocenters. The summed E-state index contributed by atoms with van der Waals surface area (Å²) in [5.41, 5.74) is 1.51. The van der Waals surface area contributed by atoms with Crippen molar-refractivity contribution >= 4 is 38.9 Å². The highest BCUT2D eigenvalue weighted by atomic mass is 35.5. The second-order valence-electron chi connectivity index (χ2n) is 6.86. The monoisotopic (exact) mass is 421 g/mol. The molecule has 3 rings (SSSR count). The Morgan fingerprint density at radius 3 is 2.25 bits per heavy atom. The molecule has 1 saturated heterocycles. The number of benzene rings is 2. The van der Waals surface area contributed by atoms with Crippen molar-refractivity contribution in [1.29, 1.82) is 0 Å². The van der Waals surface area contributed by atoms with E-state index in [0.29, 0.717) is 36.9 Å². The largest absolute Gasteiger partial charge is 0.368 e. The normalized spacial score (nSPS) is 16.0. The predicted octanol–water partition coefficient (Wildman–Crippen LogP) is 2.84. The summed E-state index contributed by atoms with van der Waals surface area (Å²) in [5.74, 6) is -0.194. The Morgan fingerprint density at radius 2 is 1.68 bits per heavy atom. The Balaban J connectivity index is 1.71. The number of carbonyl (C=O) groups excluding carboxylic acids is 1. The topological polar surface area (TPSA) is 60.9 Å². The Morgan fingerprint density at radius 1 is 1.04 bits per heavy atom. The number of hydrogen-bond donors (Lipinski definition) is 0. The molecule has 1 amide bonds. The number of hydrogen-bond acceptors (Lipinski definition) is 4. The quantitative estimate of drug-likeness (QED) is 0.744. The molecule has 2 aromatic rings. The number of carbonyl (C=O) groups is 1. The van der Waals surface area contributed by atoms with Crippen LogP contribution in [0.4, 0.5) is 11.4 Å². The summed E-state index contributed by atoms with van der Waals surface area (Å²) in [6, 6.07) is 15.5. The Bertz CT molecular complexity index is 929.